The molecule has 1 aliphatic heterocycles. The molecule has 20 heavy (non-hydrogen) atoms. The number of hydrogen-bond donors (Lipinski definition) is 2. The van der Waals surface area contributed by atoms with Crippen molar-refractivity contribution in [2.45, 2.75) is 45.6 Å². The molecule has 0 aromatic carbocycles. The second kappa shape index (κ2) is 6.99. The standard InChI is InChI=1S/C13H22N4O2S/c1-3-4-5-11-15-16-12(20-11)14-13(19)17-7-6-9(2)10(18)8-17/h9-10,18H,3-8H2,1-2H3,(H,14,16,19). The van der Waals surface area contributed by atoms with Crippen LogP contribution in [0.4, 0.5) is 9.93 Å². The highest BCUT2D eigenvalue weighted by Gasteiger charge is 2.27. The summed E-state index contributed by atoms with van der Waals surface area (Å²) in [5.41, 5.74) is 0. The van der Waals surface area contributed by atoms with Gasteiger partial charge < -0.3 is 10.0 Å². The van der Waals surface area contributed by atoms with Crippen LogP contribution < -0.4 is 5.32 Å². The van der Waals surface area contributed by atoms with E-state index >= 15 is 0 Å². The Morgan fingerprint density at radius 1 is 1.55 bits per heavy atom. The number of carbonyl (C=O) groups is 1. The van der Waals surface area contributed by atoms with E-state index in [0.29, 0.717) is 18.2 Å². The Kier molecular flexibility index (Phi) is 5.31. The van der Waals surface area contributed by atoms with Gasteiger partial charge in [0.2, 0.25) is 5.13 Å². The summed E-state index contributed by atoms with van der Waals surface area (Å²) in [4.78, 5) is 13.7. The lowest BCUT2D eigenvalue weighted by atomic mass is 9.96. The van der Waals surface area contributed by atoms with Gasteiger partial charge in [-0.3, -0.25) is 5.32 Å². The third-order valence-corrected chi connectivity index (χ3v) is 4.53. The first kappa shape index (κ1) is 15.2. The van der Waals surface area contributed by atoms with E-state index in [1.165, 1.54) is 11.3 Å². The Morgan fingerprint density at radius 3 is 3.05 bits per heavy atom. The van der Waals surface area contributed by atoms with Crippen LogP contribution in [0.5, 0.6) is 0 Å². The summed E-state index contributed by atoms with van der Waals surface area (Å²) in [5.74, 6) is 0.251. The van der Waals surface area contributed by atoms with E-state index in [2.05, 4.69) is 22.4 Å². The molecular formula is C13H22N4O2S. The number of hydrogen-bond acceptors (Lipinski definition) is 5. The zero-order valence-corrected chi connectivity index (χ0v) is 12.8. The molecule has 2 amide bonds. The maximum Gasteiger partial charge on any atom is 0.323 e. The van der Waals surface area contributed by atoms with Gasteiger partial charge in [-0.2, -0.15) is 0 Å². The van der Waals surface area contributed by atoms with Gasteiger partial charge in [0.15, 0.2) is 0 Å². The number of aliphatic hydroxyl groups is 1. The average Bonchev–Trinajstić information content (AvgIpc) is 2.87. The third kappa shape index (κ3) is 3.89. The number of rotatable bonds is 4. The zero-order valence-electron chi connectivity index (χ0n) is 12.0. The second-order valence-corrected chi connectivity index (χ2v) is 6.38. The van der Waals surface area contributed by atoms with Crippen molar-refractivity contribution in [3.05, 3.63) is 5.01 Å². The minimum atomic E-state index is -0.441. The highest BCUT2D eigenvalue weighted by Crippen LogP contribution is 2.20. The lowest BCUT2D eigenvalue weighted by Crippen LogP contribution is -2.47. The van der Waals surface area contributed by atoms with Crippen LogP contribution in [0.3, 0.4) is 0 Å². The molecule has 6 nitrogen and oxygen atoms in total. The molecule has 0 spiro atoms. The SMILES string of the molecule is CCCCc1nnc(NC(=O)N2CCC(C)C(O)C2)s1. The summed E-state index contributed by atoms with van der Waals surface area (Å²) in [6.07, 6.45) is 3.49. The molecule has 1 aliphatic rings. The largest absolute Gasteiger partial charge is 0.391 e. The number of unbranched alkanes of at least 4 members (excludes halogenated alkanes) is 1. The first-order valence-corrected chi connectivity index (χ1v) is 7.98. The van der Waals surface area contributed by atoms with E-state index in [9.17, 15) is 9.90 Å². The maximum absolute atomic E-state index is 12.1. The van der Waals surface area contributed by atoms with Crippen LogP contribution in [-0.4, -0.2) is 45.4 Å². The van der Waals surface area contributed by atoms with E-state index in [0.717, 1.165) is 30.7 Å². The fraction of sp³-hybridized carbons (Fsp3) is 0.769. The van der Waals surface area contributed by atoms with Crippen molar-refractivity contribution >= 4 is 22.5 Å². The fourth-order valence-electron chi connectivity index (χ4n) is 2.14. The molecule has 7 heteroatoms. The molecule has 0 radical (unpaired) electrons. The van der Waals surface area contributed by atoms with Gasteiger partial charge in [-0.15, -0.1) is 10.2 Å². The van der Waals surface area contributed by atoms with E-state index in [-0.39, 0.29) is 11.9 Å². The Bertz CT molecular complexity index is 451. The summed E-state index contributed by atoms with van der Waals surface area (Å²) >= 11 is 1.42. The maximum atomic E-state index is 12.1. The van der Waals surface area contributed by atoms with E-state index in [1.807, 2.05) is 6.92 Å². The molecule has 0 aliphatic carbocycles. The molecule has 1 fully saturated rings. The minimum absolute atomic E-state index is 0.200. The van der Waals surface area contributed by atoms with Gasteiger partial charge >= 0.3 is 6.03 Å². The molecule has 2 heterocycles. The number of amides is 2. The molecule has 2 atom stereocenters. The van der Waals surface area contributed by atoms with E-state index in [1.54, 1.807) is 4.90 Å². The van der Waals surface area contributed by atoms with Crippen molar-refractivity contribution in [2.24, 2.45) is 5.92 Å². The summed E-state index contributed by atoms with van der Waals surface area (Å²) in [5, 5.41) is 22.1. The van der Waals surface area contributed by atoms with Crippen molar-refractivity contribution in [1.29, 1.82) is 0 Å². The lowest BCUT2D eigenvalue weighted by molar-refractivity contribution is 0.0463. The molecule has 0 saturated carbocycles. The summed E-state index contributed by atoms with van der Waals surface area (Å²) in [6, 6.07) is -0.200. The highest BCUT2D eigenvalue weighted by molar-refractivity contribution is 7.15. The first-order valence-electron chi connectivity index (χ1n) is 7.16. The van der Waals surface area contributed by atoms with Crippen LogP contribution in [0, 0.1) is 5.92 Å². The molecule has 2 unspecified atom stereocenters. The molecular weight excluding hydrogens is 276 g/mol. The van der Waals surface area contributed by atoms with Gasteiger partial charge in [0.1, 0.15) is 5.01 Å². The van der Waals surface area contributed by atoms with Gasteiger partial charge in [0.05, 0.1) is 6.10 Å². The summed E-state index contributed by atoms with van der Waals surface area (Å²) in [7, 11) is 0. The van der Waals surface area contributed by atoms with Crippen molar-refractivity contribution in [1.82, 2.24) is 15.1 Å². The molecule has 1 aromatic rings. The monoisotopic (exact) mass is 298 g/mol. The minimum Gasteiger partial charge on any atom is -0.391 e. The number of aromatic nitrogens is 2. The topological polar surface area (TPSA) is 78.4 Å². The molecule has 2 rings (SSSR count). The fourth-order valence-corrected chi connectivity index (χ4v) is 2.91. The Morgan fingerprint density at radius 2 is 2.35 bits per heavy atom. The molecule has 0 bridgehead atoms. The summed E-state index contributed by atoms with van der Waals surface area (Å²) < 4.78 is 0. The lowest BCUT2D eigenvalue weighted by Gasteiger charge is -2.33. The number of aliphatic hydroxyl groups excluding tert-OH is 1. The molecule has 112 valence electrons. The van der Waals surface area contributed by atoms with Crippen LogP contribution in [-0.2, 0) is 6.42 Å². The van der Waals surface area contributed by atoms with Gasteiger partial charge in [0, 0.05) is 19.5 Å². The number of β-amino-alcohol motifs (C(OH)–C–C–N with tert-alkyl or cyclic N) is 1. The Balaban J connectivity index is 1.86. The highest BCUT2D eigenvalue weighted by atomic mass is 32.1. The van der Waals surface area contributed by atoms with Gasteiger partial charge in [0.25, 0.3) is 0 Å². The van der Waals surface area contributed by atoms with Crippen LogP contribution in [0.15, 0.2) is 0 Å². The van der Waals surface area contributed by atoms with Crippen LogP contribution in [0.1, 0.15) is 38.1 Å². The van der Waals surface area contributed by atoms with Gasteiger partial charge in [-0.1, -0.05) is 31.6 Å². The van der Waals surface area contributed by atoms with Crippen molar-refractivity contribution in [2.75, 3.05) is 18.4 Å². The van der Waals surface area contributed by atoms with Crippen LogP contribution in [0.2, 0.25) is 0 Å². The van der Waals surface area contributed by atoms with Crippen molar-refractivity contribution in [3.8, 4) is 0 Å². The number of anilines is 1. The van der Waals surface area contributed by atoms with Gasteiger partial charge in [-0.05, 0) is 18.8 Å². The molecule has 1 aromatic heterocycles. The first-order chi connectivity index (χ1) is 9.60. The zero-order chi connectivity index (χ0) is 14.5. The number of nitrogens with zero attached hydrogens (tertiary/aromatic N) is 3. The van der Waals surface area contributed by atoms with E-state index in [4.69, 9.17) is 0 Å². The third-order valence-electron chi connectivity index (χ3n) is 3.63. The molecule has 1 saturated heterocycles. The van der Waals surface area contributed by atoms with Crippen LogP contribution >= 0.6 is 11.3 Å². The molecule has 2 N–H and O–H groups in total. The number of urea groups is 1. The summed E-state index contributed by atoms with van der Waals surface area (Å²) in [6.45, 7) is 5.19. The predicted molar refractivity (Wildman–Crippen MR) is 78.9 cm³/mol. The van der Waals surface area contributed by atoms with Crippen LogP contribution in [0.25, 0.3) is 0 Å². The number of nitrogens with one attached hydrogen (secondary N) is 1. The number of likely N-dealkylation sites (tertiary alicyclic amines) is 1. The number of piperidine rings is 1. The normalized spacial score (nSPS) is 22.9. The number of carbonyl (C=O) groups excluding carboxylic acids is 1. The van der Waals surface area contributed by atoms with E-state index < -0.39 is 6.10 Å². The smallest absolute Gasteiger partial charge is 0.323 e. The number of aryl methyl sites for hydroxylation is 1. The predicted octanol–water partition coefficient (Wildman–Crippen LogP) is 2.12. The average molecular weight is 298 g/mol. The second-order valence-electron chi connectivity index (χ2n) is 5.31. The Hall–Kier alpha value is -1.21. The van der Waals surface area contributed by atoms with Crippen molar-refractivity contribution in [3.63, 3.8) is 0 Å². The van der Waals surface area contributed by atoms with Gasteiger partial charge in [-0.25, -0.2) is 4.79 Å². The Labute approximate surface area is 123 Å². The van der Waals surface area contributed by atoms with Crippen molar-refractivity contribution < 1.29 is 9.90 Å². The quantitative estimate of drug-likeness (QED) is 0.892.